The number of hydrogen-bond acceptors (Lipinski definition) is 7. The van der Waals surface area contributed by atoms with Crippen molar-refractivity contribution in [3.8, 4) is 0 Å². The third-order valence-corrected chi connectivity index (χ3v) is 5.51. The van der Waals surface area contributed by atoms with Crippen LogP contribution in [0.4, 0.5) is 4.79 Å². The van der Waals surface area contributed by atoms with Crippen molar-refractivity contribution in [3.05, 3.63) is 72.9 Å². The van der Waals surface area contributed by atoms with Crippen LogP contribution < -0.4 is 16.0 Å². The molecular formula is C32H50N6O3. The Morgan fingerprint density at radius 3 is 1.93 bits per heavy atom. The van der Waals surface area contributed by atoms with Crippen molar-refractivity contribution in [2.45, 2.75) is 77.8 Å². The Labute approximate surface area is 247 Å². The molecule has 0 fully saturated rings. The zero-order valence-electron chi connectivity index (χ0n) is 25.4. The van der Waals surface area contributed by atoms with E-state index in [9.17, 15) is 9.59 Å². The number of hydrogen-bond donors (Lipinski definition) is 3. The van der Waals surface area contributed by atoms with Crippen molar-refractivity contribution in [2.75, 3.05) is 27.2 Å². The van der Waals surface area contributed by atoms with Crippen LogP contribution in [0.1, 0.15) is 71.6 Å². The van der Waals surface area contributed by atoms with Gasteiger partial charge in [-0.05, 0) is 58.3 Å². The summed E-state index contributed by atoms with van der Waals surface area (Å²) >= 11 is 0. The minimum atomic E-state index is -0.604. The predicted molar refractivity (Wildman–Crippen MR) is 171 cm³/mol. The smallest absolute Gasteiger partial charge is 0.413 e. The lowest BCUT2D eigenvalue weighted by Crippen LogP contribution is -2.51. The van der Waals surface area contributed by atoms with Crippen LogP contribution in [0.25, 0.3) is 0 Å². The minimum Gasteiger partial charge on any atom is -0.449 e. The normalized spacial score (nSPS) is 15.8. The summed E-state index contributed by atoms with van der Waals surface area (Å²) in [4.78, 5) is 34.3. The van der Waals surface area contributed by atoms with Gasteiger partial charge in [-0.1, -0.05) is 79.8 Å². The molecule has 0 aromatic carbocycles. The molecule has 0 saturated heterocycles. The third kappa shape index (κ3) is 20.7. The molecule has 1 atom stereocenters. The first-order chi connectivity index (χ1) is 19.9. The molecule has 0 saturated carbocycles. The Bertz CT molecular complexity index is 989. The first-order valence-corrected chi connectivity index (χ1v) is 14.6. The Kier molecular flexibility index (Phi) is 20.5. The fourth-order valence-electron chi connectivity index (χ4n) is 3.39. The molecule has 3 N–H and O–H groups in total. The van der Waals surface area contributed by atoms with Crippen LogP contribution in [0.5, 0.6) is 0 Å². The Morgan fingerprint density at radius 2 is 1.39 bits per heavy atom. The van der Waals surface area contributed by atoms with Gasteiger partial charge in [-0.2, -0.15) is 0 Å². The first-order valence-electron chi connectivity index (χ1n) is 14.6. The van der Waals surface area contributed by atoms with Gasteiger partial charge in [0.15, 0.2) is 0 Å². The van der Waals surface area contributed by atoms with E-state index in [2.05, 4.69) is 99.7 Å². The lowest BCUT2D eigenvalue weighted by molar-refractivity contribution is -0.121. The molecule has 0 aliphatic carbocycles. The average molecular weight is 567 g/mol. The Morgan fingerprint density at radius 1 is 0.854 bits per heavy atom. The molecule has 1 aliphatic rings. The maximum Gasteiger partial charge on any atom is 0.413 e. The molecular weight excluding hydrogens is 516 g/mol. The number of aliphatic imine (C=N–C) groups is 2. The van der Waals surface area contributed by atoms with Crippen molar-refractivity contribution in [1.82, 2.24) is 20.9 Å². The van der Waals surface area contributed by atoms with Crippen molar-refractivity contribution < 1.29 is 14.3 Å². The zero-order chi connectivity index (χ0) is 30.0. The second-order valence-corrected chi connectivity index (χ2v) is 9.50. The summed E-state index contributed by atoms with van der Waals surface area (Å²) in [6, 6.07) is 0. The highest BCUT2D eigenvalue weighted by Crippen LogP contribution is 2.00. The van der Waals surface area contributed by atoms with Crippen LogP contribution in [0.3, 0.4) is 0 Å². The van der Waals surface area contributed by atoms with Crippen LogP contribution in [-0.4, -0.2) is 62.2 Å². The van der Waals surface area contributed by atoms with Crippen LogP contribution in [0.2, 0.25) is 0 Å². The van der Waals surface area contributed by atoms with Gasteiger partial charge in [0, 0.05) is 27.1 Å². The van der Waals surface area contributed by atoms with E-state index in [1.54, 1.807) is 4.90 Å². The lowest BCUT2D eigenvalue weighted by atomic mass is 10.2. The number of alkyl carbamates (subject to hydrolysis) is 1. The molecule has 1 rings (SSSR count). The number of allylic oxidation sites excluding steroid dienone is 12. The van der Waals surface area contributed by atoms with Gasteiger partial charge >= 0.3 is 6.09 Å². The molecule has 0 radical (unpaired) electrons. The van der Waals surface area contributed by atoms with Gasteiger partial charge in [-0.3, -0.25) is 15.4 Å². The molecule has 9 heteroatoms. The zero-order valence-corrected chi connectivity index (χ0v) is 25.4. The molecule has 0 aromatic heterocycles. The molecule has 2 amide bonds. The number of nitrogens with one attached hydrogen (secondary N) is 3. The maximum atomic E-state index is 12.0. The van der Waals surface area contributed by atoms with Gasteiger partial charge in [0.2, 0.25) is 17.8 Å². The van der Waals surface area contributed by atoms with Crippen molar-refractivity contribution >= 4 is 23.9 Å². The third-order valence-electron chi connectivity index (χ3n) is 5.51. The minimum absolute atomic E-state index is 0.0146. The average Bonchev–Trinajstić information content (AvgIpc) is 2.93. The van der Waals surface area contributed by atoms with Gasteiger partial charge in [-0.25, -0.2) is 14.8 Å². The van der Waals surface area contributed by atoms with E-state index in [0.717, 1.165) is 38.5 Å². The van der Waals surface area contributed by atoms with Gasteiger partial charge in [0.25, 0.3) is 0 Å². The Hall–Kier alpha value is -3.88. The van der Waals surface area contributed by atoms with Gasteiger partial charge in [0.1, 0.15) is 6.17 Å². The maximum absolute atomic E-state index is 12.0. The number of carbonyl (C=O) groups excluding carboxylic acids is 2. The van der Waals surface area contributed by atoms with Crippen molar-refractivity contribution in [3.63, 3.8) is 0 Å². The molecule has 0 aromatic rings. The number of guanidine groups is 2. The van der Waals surface area contributed by atoms with Crippen molar-refractivity contribution in [1.29, 1.82) is 0 Å². The van der Waals surface area contributed by atoms with E-state index in [4.69, 9.17) is 4.74 Å². The van der Waals surface area contributed by atoms with Gasteiger partial charge in [0.05, 0.1) is 6.61 Å². The second kappa shape index (κ2) is 24.0. The van der Waals surface area contributed by atoms with Gasteiger partial charge in [-0.15, -0.1) is 0 Å². The summed E-state index contributed by atoms with van der Waals surface area (Å²) in [6.45, 7) is 4.61. The van der Waals surface area contributed by atoms with Crippen LogP contribution in [0.15, 0.2) is 82.9 Å². The van der Waals surface area contributed by atoms with E-state index in [1.807, 2.05) is 27.1 Å². The Balaban J connectivity index is 1.99. The number of amides is 2. The van der Waals surface area contributed by atoms with E-state index >= 15 is 0 Å². The highest BCUT2D eigenvalue weighted by atomic mass is 16.5. The summed E-state index contributed by atoms with van der Waals surface area (Å²) in [5.74, 6) is 0.887. The quantitative estimate of drug-likeness (QED) is 0.141. The molecule has 9 nitrogen and oxygen atoms in total. The number of nitrogens with zero attached hydrogens (tertiary/aromatic N) is 3. The number of rotatable bonds is 18. The first kappa shape index (κ1) is 35.1. The van der Waals surface area contributed by atoms with E-state index < -0.39 is 6.09 Å². The summed E-state index contributed by atoms with van der Waals surface area (Å²) in [5, 5.41) is 8.35. The van der Waals surface area contributed by atoms with Crippen LogP contribution >= 0.6 is 0 Å². The van der Waals surface area contributed by atoms with Crippen LogP contribution in [-0.2, 0) is 9.53 Å². The highest BCUT2D eigenvalue weighted by molar-refractivity contribution is 6.05. The standard InChI is InChI=1S/C32H50N6O3/c1-5-6-7-8-9-10-11-12-13-14-15-16-17-18-19-20-21-22-23-25-29(39)33-26-24-27-41-32(40)37-30-34-28(2)35-31(36-30)38(3)4/h6-7,9-10,12-13,15-16,18-19,21-22,28H,5,8,11,14,17,20,23-27H2,1-4H3,(H,33,39)(H2,34,35,36,37,40). The fourth-order valence-corrected chi connectivity index (χ4v) is 3.39. The summed E-state index contributed by atoms with van der Waals surface area (Å²) in [6.07, 6.45) is 32.6. The largest absolute Gasteiger partial charge is 0.449 e. The van der Waals surface area contributed by atoms with E-state index in [1.165, 1.54) is 0 Å². The molecule has 0 spiro atoms. The monoisotopic (exact) mass is 566 g/mol. The summed E-state index contributed by atoms with van der Waals surface area (Å²) in [5.41, 5.74) is 0. The predicted octanol–water partition coefficient (Wildman–Crippen LogP) is 5.92. The topological polar surface area (TPSA) is 107 Å². The summed E-state index contributed by atoms with van der Waals surface area (Å²) in [7, 11) is 3.69. The molecule has 1 aliphatic heterocycles. The fraction of sp³-hybridized carbons (Fsp3) is 0.500. The van der Waals surface area contributed by atoms with E-state index in [-0.39, 0.29) is 18.7 Å². The molecule has 41 heavy (non-hydrogen) atoms. The molecule has 226 valence electrons. The summed E-state index contributed by atoms with van der Waals surface area (Å²) < 4.78 is 5.16. The second-order valence-electron chi connectivity index (χ2n) is 9.50. The number of ether oxygens (including phenoxy) is 1. The van der Waals surface area contributed by atoms with Gasteiger partial charge < -0.3 is 15.0 Å². The highest BCUT2D eigenvalue weighted by Gasteiger charge is 2.17. The van der Waals surface area contributed by atoms with E-state index in [0.29, 0.717) is 37.7 Å². The molecule has 1 heterocycles. The van der Waals surface area contributed by atoms with Crippen LogP contribution in [0, 0.1) is 0 Å². The van der Waals surface area contributed by atoms with Crippen molar-refractivity contribution in [2.24, 2.45) is 9.98 Å². The number of carbonyl (C=O) groups is 2. The SMILES string of the molecule is CCC=CCC=CCC=CCC=CCC=CCC=CCCC(=O)NCCCOC(=O)NC1=NC(C)N=C(N(C)C)N1. The molecule has 0 bridgehead atoms. The lowest BCUT2D eigenvalue weighted by Gasteiger charge is -2.23. The molecule has 1 unspecified atom stereocenters.